The molecule has 1 unspecified atom stereocenters. The van der Waals surface area contributed by atoms with E-state index in [0.717, 1.165) is 54.7 Å². The van der Waals surface area contributed by atoms with Gasteiger partial charge in [-0.1, -0.05) is 61.7 Å². The lowest BCUT2D eigenvalue weighted by Gasteiger charge is -2.32. The lowest BCUT2D eigenvalue weighted by Crippen LogP contribution is -2.40. The van der Waals surface area contributed by atoms with E-state index in [1.165, 1.54) is 37.7 Å². The quantitative estimate of drug-likeness (QED) is 0.556. The van der Waals surface area contributed by atoms with Gasteiger partial charge in [-0.25, -0.2) is 0 Å². The fourth-order valence-corrected chi connectivity index (χ4v) is 6.18. The van der Waals surface area contributed by atoms with Crippen molar-refractivity contribution in [2.24, 2.45) is 5.92 Å². The molecule has 2 aliphatic rings. The fourth-order valence-electron chi connectivity index (χ4n) is 6.18. The van der Waals surface area contributed by atoms with Gasteiger partial charge < -0.3 is 14.9 Å². The molecule has 0 bridgehead atoms. The maximum atomic E-state index is 13.4. The molecule has 1 amide bonds. The highest BCUT2D eigenvalue weighted by Gasteiger charge is 2.27. The van der Waals surface area contributed by atoms with Crippen molar-refractivity contribution in [2.75, 3.05) is 33.7 Å². The van der Waals surface area contributed by atoms with Gasteiger partial charge in [-0.15, -0.1) is 0 Å². The predicted molar refractivity (Wildman–Crippen MR) is 141 cm³/mol. The van der Waals surface area contributed by atoms with Crippen LogP contribution in [0.1, 0.15) is 67.6 Å². The normalized spacial score (nSPS) is 19.4. The van der Waals surface area contributed by atoms with Crippen LogP contribution in [0, 0.1) is 5.92 Å². The number of piperidine rings is 1. The van der Waals surface area contributed by atoms with E-state index in [4.69, 9.17) is 0 Å². The molecule has 1 saturated carbocycles. The minimum absolute atomic E-state index is 0.0228. The molecule has 5 heteroatoms. The van der Waals surface area contributed by atoms with Gasteiger partial charge in [0.05, 0.1) is 12.8 Å². The molecule has 5 nitrogen and oxygen atoms in total. The van der Waals surface area contributed by atoms with E-state index in [9.17, 15) is 14.7 Å². The molecule has 2 aromatic carbocycles. The van der Waals surface area contributed by atoms with Crippen LogP contribution < -0.4 is 0 Å². The number of amides is 1. The second-order valence-electron chi connectivity index (χ2n) is 10.7. The van der Waals surface area contributed by atoms with Crippen molar-refractivity contribution in [3.8, 4) is 11.1 Å². The molecular formula is C30H40N2O3. The first-order valence-electron chi connectivity index (χ1n) is 13.3. The summed E-state index contributed by atoms with van der Waals surface area (Å²) in [7, 11) is 4.09. The van der Waals surface area contributed by atoms with Crippen LogP contribution in [-0.2, 0) is 22.4 Å². The monoisotopic (exact) mass is 476 g/mol. The van der Waals surface area contributed by atoms with Crippen LogP contribution in [0.4, 0.5) is 0 Å². The second-order valence-corrected chi connectivity index (χ2v) is 10.7. The molecule has 2 fully saturated rings. The second kappa shape index (κ2) is 11.9. The van der Waals surface area contributed by atoms with Crippen LogP contribution in [0.25, 0.3) is 11.1 Å². The Morgan fingerprint density at radius 1 is 0.943 bits per heavy atom. The number of benzene rings is 2. The number of carboxylic acid groups (broad SMARTS) is 1. The summed E-state index contributed by atoms with van der Waals surface area (Å²) in [6.07, 6.45) is 8.48. The van der Waals surface area contributed by atoms with E-state index in [1.807, 2.05) is 42.3 Å². The van der Waals surface area contributed by atoms with Crippen molar-refractivity contribution in [1.82, 2.24) is 9.80 Å². The summed E-state index contributed by atoms with van der Waals surface area (Å²) in [6, 6.07) is 14.2. The number of hydrogen-bond donors (Lipinski definition) is 1. The highest BCUT2D eigenvalue weighted by molar-refractivity contribution is 5.84. The van der Waals surface area contributed by atoms with Gasteiger partial charge in [0.2, 0.25) is 5.91 Å². The fraction of sp³-hybridized carbons (Fsp3) is 0.533. The minimum atomic E-state index is -0.804. The lowest BCUT2D eigenvalue weighted by atomic mass is 9.76. The SMILES string of the molecule is CN1CCCC(CN(C)C(=O)Cc2ccc(CC(=O)O)c(C3CCCCC3)c2-c2ccccc2)C1. The summed E-state index contributed by atoms with van der Waals surface area (Å²) in [4.78, 5) is 29.4. The molecule has 1 aliphatic carbocycles. The number of likely N-dealkylation sites (tertiary alicyclic amines) is 1. The van der Waals surface area contributed by atoms with Gasteiger partial charge in [0.1, 0.15) is 0 Å². The van der Waals surface area contributed by atoms with Crippen molar-refractivity contribution in [2.45, 2.75) is 63.7 Å². The smallest absolute Gasteiger partial charge is 0.307 e. The molecule has 0 aromatic heterocycles. The van der Waals surface area contributed by atoms with Gasteiger partial charge in [-0.05, 0) is 78.9 Å². The first-order chi connectivity index (χ1) is 16.9. The summed E-state index contributed by atoms with van der Waals surface area (Å²) < 4.78 is 0. The third-order valence-electron chi connectivity index (χ3n) is 7.86. The summed E-state index contributed by atoms with van der Waals surface area (Å²) in [5.74, 6) is 0.198. The van der Waals surface area contributed by atoms with E-state index in [0.29, 0.717) is 18.3 Å². The number of likely N-dealkylation sites (N-methyl/N-ethyl adjacent to an activating group) is 1. The Morgan fingerprint density at radius 3 is 2.34 bits per heavy atom. The summed E-state index contributed by atoms with van der Waals surface area (Å²) in [5.41, 5.74) is 5.26. The molecule has 1 aliphatic heterocycles. The Bertz CT molecular complexity index is 1010. The third kappa shape index (κ3) is 6.52. The first-order valence-corrected chi connectivity index (χ1v) is 13.3. The predicted octanol–water partition coefficient (Wildman–Crippen LogP) is 5.37. The van der Waals surface area contributed by atoms with Gasteiger partial charge in [0, 0.05) is 20.1 Å². The highest BCUT2D eigenvalue weighted by atomic mass is 16.4. The number of rotatable bonds is 8. The molecule has 1 heterocycles. The maximum absolute atomic E-state index is 13.4. The largest absolute Gasteiger partial charge is 0.481 e. The topological polar surface area (TPSA) is 60.9 Å². The number of hydrogen-bond acceptors (Lipinski definition) is 3. The molecule has 35 heavy (non-hydrogen) atoms. The van der Waals surface area contributed by atoms with E-state index in [-0.39, 0.29) is 12.3 Å². The average Bonchev–Trinajstić information content (AvgIpc) is 2.85. The summed E-state index contributed by atoms with van der Waals surface area (Å²) in [6.45, 7) is 2.97. The number of carboxylic acids is 1. The van der Waals surface area contributed by atoms with E-state index >= 15 is 0 Å². The van der Waals surface area contributed by atoms with Crippen molar-refractivity contribution in [3.05, 3.63) is 59.2 Å². The molecule has 1 atom stereocenters. The van der Waals surface area contributed by atoms with E-state index < -0.39 is 5.97 Å². The number of nitrogens with zero attached hydrogens (tertiary/aromatic N) is 2. The molecule has 1 N–H and O–H groups in total. The van der Waals surface area contributed by atoms with Gasteiger partial charge in [-0.2, -0.15) is 0 Å². The van der Waals surface area contributed by atoms with Crippen LogP contribution in [0.15, 0.2) is 42.5 Å². The Hall–Kier alpha value is -2.66. The van der Waals surface area contributed by atoms with Gasteiger partial charge >= 0.3 is 5.97 Å². The van der Waals surface area contributed by atoms with Crippen LogP contribution >= 0.6 is 0 Å². The van der Waals surface area contributed by atoms with Gasteiger partial charge in [0.15, 0.2) is 0 Å². The number of carbonyl (C=O) groups excluding carboxylic acids is 1. The van der Waals surface area contributed by atoms with Crippen LogP contribution in [0.2, 0.25) is 0 Å². The number of carbonyl (C=O) groups is 2. The maximum Gasteiger partial charge on any atom is 0.307 e. The molecule has 188 valence electrons. The van der Waals surface area contributed by atoms with E-state index in [1.54, 1.807) is 0 Å². The van der Waals surface area contributed by atoms with Gasteiger partial charge in [0.25, 0.3) is 0 Å². The Morgan fingerprint density at radius 2 is 1.66 bits per heavy atom. The van der Waals surface area contributed by atoms with Gasteiger partial charge in [-0.3, -0.25) is 9.59 Å². The molecular weight excluding hydrogens is 436 g/mol. The highest BCUT2D eigenvalue weighted by Crippen LogP contribution is 2.42. The summed E-state index contributed by atoms with van der Waals surface area (Å²) in [5, 5.41) is 9.65. The molecule has 1 saturated heterocycles. The van der Waals surface area contributed by atoms with E-state index in [2.05, 4.69) is 24.1 Å². The Kier molecular flexibility index (Phi) is 8.61. The third-order valence-corrected chi connectivity index (χ3v) is 7.86. The standard InChI is InChI=1S/C30H40N2O3/c1-31-17-9-10-22(20-31)21-32(2)27(33)18-25-15-16-26(19-28(34)35)30(24-13-7-4-8-14-24)29(25)23-11-5-3-6-12-23/h3,5-6,11-12,15-16,22,24H,4,7-10,13-14,17-21H2,1-2H3,(H,34,35). The molecule has 2 aromatic rings. The zero-order chi connectivity index (χ0) is 24.8. The summed E-state index contributed by atoms with van der Waals surface area (Å²) >= 11 is 0. The van der Waals surface area contributed by atoms with Crippen LogP contribution in [0.3, 0.4) is 0 Å². The Labute approximate surface area is 210 Å². The molecule has 0 radical (unpaired) electrons. The van der Waals surface area contributed by atoms with Crippen molar-refractivity contribution < 1.29 is 14.7 Å². The molecule has 0 spiro atoms. The Balaban J connectivity index is 1.68. The zero-order valence-electron chi connectivity index (χ0n) is 21.3. The van der Waals surface area contributed by atoms with Crippen molar-refractivity contribution in [3.63, 3.8) is 0 Å². The zero-order valence-corrected chi connectivity index (χ0v) is 21.3. The van der Waals surface area contributed by atoms with Crippen molar-refractivity contribution in [1.29, 1.82) is 0 Å². The van der Waals surface area contributed by atoms with Crippen LogP contribution in [0.5, 0.6) is 0 Å². The first kappa shape index (κ1) is 25.4. The minimum Gasteiger partial charge on any atom is -0.481 e. The van der Waals surface area contributed by atoms with Crippen LogP contribution in [-0.4, -0.2) is 60.5 Å². The lowest BCUT2D eigenvalue weighted by molar-refractivity contribution is -0.136. The number of aliphatic carboxylic acids is 1. The average molecular weight is 477 g/mol. The molecule has 4 rings (SSSR count). The van der Waals surface area contributed by atoms with Crippen molar-refractivity contribution >= 4 is 11.9 Å².